The number of nitrogens with one attached hydrogen (secondary N) is 1. The van der Waals surface area contributed by atoms with E-state index in [1.54, 1.807) is 25.1 Å². The van der Waals surface area contributed by atoms with Crippen molar-refractivity contribution in [1.29, 1.82) is 0 Å². The third-order valence-electron chi connectivity index (χ3n) is 3.09. The van der Waals surface area contributed by atoms with Crippen molar-refractivity contribution in [1.82, 2.24) is 4.98 Å². The Balaban J connectivity index is 1.91. The predicted molar refractivity (Wildman–Crippen MR) is 93.4 cm³/mol. The number of allylic oxidation sites excluding steroid dienone is 6. The van der Waals surface area contributed by atoms with Crippen LogP contribution in [0.3, 0.4) is 0 Å². The first-order chi connectivity index (χ1) is 11.2. The summed E-state index contributed by atoms with van der Waals surface area (Å²) in [6.07, 6.45) is 16.9. The first-order valence-corrected chi connectivity index (χ1v) is 7.21. The Labute approximate surface area is 135 Å². The Morgan fingerprint density at radius 1 is 1.09 bits per heavy atom. The molecule has 2 rings (SSSR count). The molecule has 0 fully saturated rings. The highest BCUT2D eigenvalue weighted by molar-refractivity contribution is 5.49. The van der Waals surface area contributed by atoms with E-state index < -0.39 is 0 Å². The van der Waals surface area contributed by atoms with Crippen LogP contribution in [0, 0.1) is 6.92 Å². The number of hydrogen-bond acceptors (Lipinski definition) is 3. The summed E-state index contributed by atoms with van der Waals surface area (Å²) in [5.41, 5.74) is 1.14. The van der Waals surface area contributed by atoms with Gasteiger partial charge >= 0.3 is 5.63 Å². The number of rotatable bonds is 6. The lowest BCUT2D eigenvalue weighted by molar-refractivity contribution is 0.395. The SMILES string of the molecule is COc1cc(C=CC=CC=CC=Cc2ccc[nH]2)oc(=O)c1C. The molecule has 0 spiro atoms. The zero-order valence-electron chi connectivity index (χ0n) is 13.2. The summed E-state index contributed by atoms with van der Waals surface area (Å²) in [6.45, 7) is 1.67. The lowest BCUT2D eigenvalue weighted by atomic mass is 10.2. The molecule has 0 atom stereocenters. The van der Waals surface area contributed by atoms with Gasteiger partial charge in [-0.2, -0.15) is 0 Å². The maximum absolute atomic E-state index is 11.6. The summed E-state index contributed by atoms with van der Waals surface area (Å²) in [6, 6.07) is 5.63. The number of aromatic amines is 1. The van der Waals surface area contributed by atoms with Crippen molar-refractivity contribution < 1.29 is 9.15 Å². The Bertz CT molecular complexity index is 791. The van der Waals surface area contributed by atoms with E-state index >= 15 is 0 Å². The van der Waals surface area contributed by atoms with Crippen molar-refractivity contribution in [2.75, 3.05) is 7.11 Å². The molecule has 23 heavy (non-hydrogen) atoms. The zero-order valence-corrected chi connectivity index (χ0v) is 13.2. The molecule has 2 aromatic heterocycles. The molecule has 0 saturated heterocycles. The molecule has 0 saturated carbocycles. The largest absolute Gasteiger partial charge is 0.496 e. The molecule has 0 aliphatic heterocycles. The second-order valence-corrected chi connectivity index (χ2v) is 4.74. The quantitative estimate of drug-likeness (QED) is 0.816. The van der Waals surface area contributed by atoms with Gasteiger partial charge in [0.15, 0.2) is 0 Å². The average molecular weight is 309 g/mol. The smallest absolute Gasteiger partial charge is 0.342 e. The summed E-state index contributed by atoms with van der Waals surface area (Å²) < 4.78 is 10.3. The van der Waals surface area contributed by atoms with Crippen molar-refractivity contribution in [3.05, 3.63) is 88.3 Å². The molecule has 0 unspecified atom stereocenters. The minimum Gasteiger partial charge on any atom is -0.496 e. The van der Waals surface area contributed by atoms with Crippen LogP contribution >= 0.6 is 0 Å². The summed E-state index contributed by atoms with van der Waals surface area (Å²) >= 11 is 0. The number of methoxy groups -OCH3 is 1. The fraction of sp³-hybridized carbons (Fsp3) is 0.105. The number of H-pyrrole nitrogens is 1. The van der Waals surface area contributed by atoms with Crippen molar-refractivity contribution in [3.8, 4) is 5.75 Å². The van der Waals surface area contributed by atoms with Gasteiger partial charge in [-0.3, -0.25) is 0 Å². The van der Waals surface area contributed by atoms with Crippen LogP contribution in [0.1, 0.15) is 17.0 Å². The molecule has 0 aromatic carbocycles. The van der Waals surface area contributed by atoms with Gasteiger partial charge in [0.25, 0.3) is 0 Å². The van der Waals surface area contributed by atoms with Crippen LogP contribution in [0.5, 0.6) is 5.75 Å². The van der Waals surface area contributed by atoms with Crippen LogP contribution in [-0.4, -0.2) is 12.1 Å². The number of ether oxygens (including phenoxy) is 1. The van der Waals surface area contributed by atoms with E-state index in [-0.39, 0.29) is 5.63 Å². The molecule has 0 aliphatic rings. The van der Waals surface area contributed by atoms with Crippen LogP contribution in [0.15, 0.2) is 70.1 Å². The van der Waals surface area contributed by atoms with E-state index in [2.05, 4.69) is 4.98 Å². The lowest BCUT2D eigenvalue weighted by Crippen LogP contribution is -2.05. The third kappa shape index (κ3) is 5.04. The number of aromatic nitrogens is 1. The molecule has 2 heterocycles. The Morgan fingerprint density at radius 2 is 1.78 bits per heavy atom. The van der Waals surface area contributed by atoms with Gasteiger partial charge in [0.1, 0.15) is 11.5 Å². The van der Waals surface area contributed by atoms with Crippen LogP contribution in [0.25, 0.3) is 12.2 Å². The van der Waals surface area contributed by atoms with Gasteiger partial charge in [0.05, 0.1) is 12.7 Å². The predicted octanol–water partition coefficient (Wildman–Crippen LogP) is 4.12. The highest BCUT2D eigenvalue weighted by atomic mass is 16.5. The fourth-order valence-electron chi connectivity index (χ4n) is 1.86. The molecule has 0 amide bonds. The Kier molecular flexibility index (Phi) is 6.00. The van der Waals surface area contributed by atoms with Gasteiger partial charge in [0, 0.05) is 18.0 Å². The lowest BCUT2D eigenvalue weighted by Gasteiger charge is -2.02. The monoisotopic (exact) mass is 309 g/mol. The molecular weight excluding hydrogens is 290 g/mol. The fourth-order valence-corrected chi connectivity index (χ4v) is 1.86. The van der Waals surface area contributed by atoms with Crippen LogP contribution in [-0.2, 0) is 0 Å². The zero-order chi connectivity index (χ0) is 16.5. The molecule has 2 aromatic rings. The highest BCUT2D eigenvalue weighted by Gasteiger charge is 2.05. The van der Waals surface area contributed by atoms with E-state index in [4.69, 9.17) is 9.15 Å². The molecule has 118 valence electrons. The van der Waals surface area contributed by atoms with E-state index in [0.717, 1.165) is 5.69 Å². The van der Waals surface area contributed by atoms with Gasteiger partial charge in [-0.05, 0) is 31.2 Å². The summed E-state index contributed by atoms with van der Waals surface area (Å²) in [5, 5.41) is 0. The molecule has 0 radical (unpaired) electrons. The van der Waals surface area contributed by atoms with Crippen LogP contribution < -0.4 is 10.4 Å². The van der Waals surface area contributed by atoms with Crippen LogP contribution in [0.4, 0.5) is 0 Å². The van der Waals surface area contributed by atoms with Crippen molar-refractivity contribution in [2.45, 2.75) is 6.92 Å². The van der Waals surface area contributed by atoms with Crippen molar-refractivity contribution in [2.24, 2.45) is 0 Å². The maximum Gasteiger partial charge on any atom is 0.342 e. The normalized spacial score (nSPS) is 12.3. The average Bonchev–Trinajstić information content (AvgIpc) is 3.06. The van der Waals surface area contributed by atoms with E-state index in [9.17, 15) is 4.79 Å². The molecule has 4 nitrogen and oxygen atoms in total. The Morgan fingerprint density at radius 3 is 2.43 bits per heavy atom. The van der Waals surface area contributed by atoms with Gasteiger partial charge < -0.3 is 14.1 Å². The molecule has 1 N–H and O–H groups in total. The molecular formula is C19H19NO3. The summed E-state index contributed by atoms with van der Waals surface area (Å²) in [4.78, 5) is 14.7. The van der Waals surface area contributed by atoms with Gasteiger partial charge in [-0.1, -0.05) is 36.5 Å². The van der Waals surface area contributed by atoms with Crippen molar-refractivity contribution >= 4 is 12.2 Å². The third-order valence-corrected chi connectivity index (χ3v) is 3.09. The molecule has 4 heteroatoms. The molecule has 0 bridgehead atoms. The van der Waals surface area contributed by atoms with E-state index in [0.29, 0.717) is 17.1 Å². The van der Waals surface area contributed by atoms with E-state index in [1.165, 1.54) is 7.11 Å². The van der Waals surface area contributed by atoms with Gasteiger partial charge in [-0.25, -0.2) is 4.79 Å². The van der Waals surface area contributed by atoms with E-state index in [1.807, 2.05) is 54.8 Å². The highest BCUT2D eigenvalue weighted by Crippen LogP contribution is 2.16. The van der Waals surface area contributed by atoms with Crippen LogP contribution in [0.2, 0.25) is 0 Å². The first-order valence-electron chi connectivity index (χ1n) is 7.21. The second kappa shape index (κ2) is 8.44. The Hall–Kier alpha value is -3.01. The molecule has 0 aliphatic carbocycles. The topological polar surface area (TPSA) is 55.2 Å². The maximum atomic E-state index is 11.6. The van der Waals surface area contributed by atoms with Gasteiger partial charge in [0.2, 0.25) is 0 Å². The van der Waals surface area contributed by atoms with Gasteiger partial charge in [-0.15, -0.1) is 0 Å². The minimum absolute atomic E-state index is 0.387. The minimum atomic E-state index is -0.387. The second-order valence-electron chi connectivity index (χ2n) is 4.74. The summed E-state index contributed by atoms with van der Waals surface area (Å²) in [7, 11) is 1.53. The standard InChI is InChI=1S/C19H19NO3/c1-15-18(22-2)14-17(23-19(15)21)12-8-6-4-3-5-7-10-16-11-9-13-20-16/h3-14,20H,1-2H3. The van der Waals surface area contributed by atoms with Crippen molar-refractivity contribution in [3.63, 3.8) is 0 Å². The first kappa shape index (κ1) is 16.4. The summed E-state index contributed by atoms with van der Waals surface area (Å²) in [5.74, 6) is 0.983. The number of hydrogen-bond donors (Lipinski definition) is 1.